The number of alkyl halides is 2. The fourth-order valence-corrected chi connectivity index (χ4v) is 11.6. The lowest BCUT2D eigenvalue weighted by molar-refractivity contribution is -0.137. The van der Waals surface area contributed by atoms with Crippen molar-refractivity contribution in [1.29, 1.82) is 0 Å². The second-order valence-electron chi connectivity index (χ2n) is 23.0. The highest BCUT2D eigenvalue weighted by Gasteiger charge is 2.50. The summed E-state index contributed by atoms with van der Waals surface area (Å²) < 4.78 is 53.1. The fraction of sp³-hybridized carbons (Fsp3) is 0.476. The van der Waals surface area contributed by atoms with Crippen LogP contribution in [0.25, 0.3) is 0 Å². The number of anilines is 1. The van der Waals surface area contributed by atoms with E-state index in [1.165, 1.54) is 4.90 Å². The first kappa shape index (κ1) is 67.6. The molecule has 7 rings (SSSR count). The third-order valence-electron chi connectivity index (χ3n) is 16.2. The van der Waals surface area contributed by atoms with E-state index in [0.29, 0.717) is 40.8 Å². The van der Waals surface area contributed by atoms with Gasteiger partial charge in [-0.1, -0.05) is 107 Å². The van der Waals surface area contributed by atoms with Gasteiger partial charge in [-0.2, -0.15) is 8.78 Å². The molecule has 88 heavy (non-hydrogen) atoms. The lowest BCUT2D eigenvalue weighted by Crippen LogP contribution is -2.58. The second-order valence-corrected chi connectivity index (χ2v) is 24.7. The Balaban J connectivity index is 1.04. The van der Waals surface area contributed by atoms with E-state index in [1.807, 2.05) is 19.1 Å². The predicted octanol–water partition coefficient (Wildman–Crippen LogP) is 6.31. The van der Waals surface area contributed by atoms with Crippen LogP contribution in [0, 0.1) is 17.8 Å². The number of hydrogen-bond donors (Lipinski definition) is 9. The zero-order chi connectivity index (χ0) is 63.7. The number of aryl methyl sites for hydroxylation is 1. The summed E-state index contributed by atoms with van der Waals surface area (Å²) in [6, 6.07) is 19.5. The molecule has 1 aliphatic carbocycles. The molecule has 25 heteroatoms. The molecule has 0 bridgehead atoms. The third-order valence-corrected chi connectivity index (χ3v) is 17.2. The third kappa shape index (κ3) is 18.6. The molecular formula is C63H79F2N8O14P. The summed E-state index contributed by atoms with van der Waals surface area (Å²) in [7, 11) is -5.95. The minimum Gasteiger partial charge on any atom is -0.446 e. The quantitative estimate of drug-likeness (QED) is 0.0164. The Morgan fingerprint density at radius 2 is 1.41 bits per heavy atom. The standard InChI is InChI=1S/C63H79F2N8O14P/c1-5-40-18-22-43(23-19-40)56(76)66-30-10-9-15-49(57(77)67-31-33-86-32-29-55(75)68-48-16-11-14-46-47(48)37-73(61(46)81)52-27-28-54(74)72-60(52)80)69-58(78)50(36-42-20-24-44(25-21-42)63(64,65)88(83,84)85)70-59(79)51(35-41-12-7-6-8-13-41)71-62(82)87-53-34-39(4)17-26-45(53)38(2)3/h6-8,11-14,16,18-25,38-39,45,49-53H,5,9-10,15,17,26-37H2,1-4H3,(H,66,76)(H,67,77)(H,68,75)(H,69,78)(H,70,79)(H,71,82)(H,72,74,80)(H2,83,84,85)/t39-,45+,49-,50-,51-,52?,53-/m0/s1. The maximum Gasteiger partial charge on any atom is 0.408 e. The summed E-state index contributed by atoms with van der Waals surface area (Å²) in [4.78, 5) is 141. The minimum absolute atomic E-state index is 0.00769. The van der Waals surface area contributed by atoms with E-state index < -0.39 is 103 Å². The first-order chi connectivity index (χ1) is 41.9. The molecule has 1 saturated heterocycles. The number of halogens is 2. The number of fused-ring (bicyclic) bond motifs is 1. The number of unbranched alkanes of at least 4 members (excludes halogenated alkanes) is 1. The Hall–Kier alpha value is -7.92. The maximum atomic E-state index is 14.8. The summed E-state index contributed by atoms with van der Waals surface area (Å²) in [6.07, 6.45) is 2.26. The number of nitrogens with one attached hydrogen (secondary N) is 7. The van der Waals surface area contributed by atoms with Crippen molar-refractivity contribution < 1.29 is 75.8 Å². The molecule has 9 N–H and O–H groups in total. The van der Waals surface area contributed by atoms with Gasteiger partial charge in [0.15, 0.2) is 0 Å². The Bertz CT molecular complexity index is 3190. The minimum atomic E-state index is -5.95. The van der Waals surface area contributed by atoms with E-state index in [0.717, 1.165) is 49.1 Å². The number of nitrogens with zero attached hydrogens (tertiary/aromatic N) is 1. The second kappa shape index (κ2) is 31.3. The molecule has 3 aliphatic rings. The zero-order valence-corrected chi connectivity index (χ0v) is 50.7. The average molecular weight is 1240 g/mol. The van der Waals surface area contributed by atoms with Gasteiger partial charge in [0.25, 0.3) is 11.8 Å². The lowest BCUT2D eigenvalue weighted by Gasteiger charge is -2.36. The van der Waals surface area contributed by atoms with Crippen molar-refractivity contribution in [2.24, 2.45) is 17.8 Å². The van der Waals surface area contributed by atoms with Gasteiger partial charge in [-0.25, -0.2) is 4.79 Å². The van der Waals surface area contributed by atoms with Crippen LogP contribution in [-0.2, 0) is 74.3 Å². The van der Waals surface area contributed by atoms with Crippen molar-refractivity contribution in [1.82, 2.24) is 36.8 Å². The largest absolute Gasteiger partial charge is 0.446 e. The summed E-state index contributed by atoms with van der Waals surface area (Å²) in [5, 5.41) is 18.8. The van der Waals surface area contributed by atoms with Gasteiger partial charge < -0.3 is 56.1 Å². The topological polar surface area (TPSA) is 317 Å². The van der Waals surface area contributed by atoms with E-state index >= 15 is 0 Å². The van der Waals surface area contributed by atoms with Crippen molar-refractivity contribution in [3.05, 3.63) is 136 Å². The highest BCUT2D eigenvalue weighted by atomic mass is 31.2. The van der Waals surface area contributed by atoms with Gasteiger partial charge in [-0.05, 0) is 104 Å². The fourth-order valence-electron chi connectivity index (χ4n) is 11.1. The van der Waals surface area contributed by atoms with E-state index in [9.17, 15) is 66.3 Å². The molecule has 474 valence electrons. The molecule has 22 nitrogen and oxygen atoms in total. The van der Waals surface area contributed by atoms with E-state index in [1.54, 1.807) is 60.7 Å². The molecule has 9 amide bonds. The van der Waals surface area contributed by atoms with Crippen molar-refractivity contribution >= 4 is 66.6 Å². The number of benzene rings is 4. The van der Waals surface area contributed by atoms with Gasteiger partial charge in [-0.15, -0.1) is 0 Å². The number of carbonyl (C=O) groups is 9. The van der Waals surface area contributed by atoms with Crippen LogP contribution in [0.4, 0.5) is 19.3 Å². The highest BCUT2D eigenvalue weighted by Crippen LogP contribution is 2.59. The molecule has 2 fully saturated rings. The predicted molar refractivity (Wildman–Crippen MR) is 320 cm³/mol. The van der Waals surface area contributed by atoms with Crippen LogP contribution in [0.3, 0.4) is 0 Å². The van der Waals surface area contributed by atoms with Gasteiger partial charge in [-0.3, -0.25) is 48.2 Å². The monoisotopic (exact) mass is 1240 g/mol. The van der Waals surface area contributed by atoms with Crippen LogP contribution in [0.15, 0.2) is 97.1 Å². The van der Waals surface area contributed by atoms with Gasteiger partial charge in [0.2, 0.25) is 35.4 Å². The first-order valence-corrected chi connectivity index (χ1v) is 31.5. The summed E-state index contributed by atoms with van der Waals surface area (Å²) in [5.74, 6) is -4.01. The molecule has 0 aromatic heterocycles. The number of piperidine rings is 1. The molecule has 4 aromatic carbocycles. The van der Waals surface area contributed by atoms with Crippen molar-refractivity contribution in [3.8, 4) is 0 Å². The molecule has 1 saturated carbocycles. The Kier molecular flexibility index (Phi) is 24.0. The van der Waals surface area contributed by atoms with Gasteiger partial charge >= 0.3 is 19.4 Å². The van der Waals surface area contributed by atoms with Crippen LogP contribution in [0.5, 0.6) is 0 Å². The Morgan fingerprint density at radius 1 is 0.750 bits per heavy atom. The molecule has 0 spiro atoms. The van der Waals surface area contributed by atoms with Crippen molar-refractivity contribution in [3.63, 3.8) is 0 Å². The van der Waals surface area contributed by atoms with Crippen LogP contribution < -0.4 is 37.2 Å². The van der Waals surface area contributed by atoms with Gasteiger partial charge in [0, 0.05) is 66.8 Å². The maximum absolute atomic E-state index is 14.8. The average Bonchev–Trinajstić information content (AvgIpc) is 1.92. The molecule has 2 aliphatic heterocycles. The molecular weight excluding hydrogens is 1160 g/mol. The molecule has 2 heterocycles. The van der Waals surface area contributed by atoms with Crippen LogP contribution in [0.1, 0.15) is 134 Å². The summed E-state index contributed by atoms with van der Waals surface area (Å²) >= 11 is 0. The SMILES string of the molecule is CCc1ccc(C(=O)NCCCC[C@H](NC(=O)[C@H](Cc2ccc(C(F)(F)P(=O)(O)O)cc2)NC(=O)[C@H](Cc2ccccc2)NC(=O)O[C@H]2C[C@@H](C)CC[C@@H]2C(C)C)C(=O)NCCOCCC(=O)Nc2cccc3c2CN(C2CCC(=O)NC2=O)C3=O)cc1. The van der Waals surface area contributed by atoms with Crippen molar-refractivity contribution in [2.75, 3.05) is 31.6 Å². The molecule has 7 atom stereocenters. The van der Waals surface area contributed by atoms with Crippen LogP contribution >= 0.6 is 7.60 Å². The van der Waals surface area contributed by atoms with Gasteiger partial charge in [0.1, 0.15) is 30.3 Å². The Labute approximate surface area is 509 Å². The lowest BCUT2D eigenvalue weighted by atomic mass is 9.75. The zero-order valence-electron chi connectivity index (χ0n) is 49.8. The van der Waals surface area contributed by atoms with Crippen molar-refractivity contribution in [2.45, 2.75) is 147 Å². The number of rotatable bonds is 29. The first-order valence-electron chi connectivity index (χ1n) is 29.9. The van der Waals surface area contributed by atoms with Gasteiger partial charge in [0.05, 0.1) is 19.6 Å². The normalized spacial score (nSPS) is 18.7. The number of hydrogen-bond acceptors (Lipinski definition) is 12. The molecule has 4 aromatic rings. The number of amides is 9. The van der Waals surface area contributed by atoms with E-state index in [-0.39, 0.29) is 101 Å². The highest BCUT2D eigenvalue weighted by molar-refractivity contribution is 7.52. The van der Waals surface area contributed by atoms with E-state index in [4.69, 9.17) is 9.47 Å². The van der Waals surface area contributed by atoms with Crippen LogP contribution in [-0.4, -0.2) is 125 Å². The molecule has 0 radical (unpaired) electrons. The Morgan fingerprint density at radius 3 is 2.07 bits per heavy atom. The number of imide groups is 1. The van der Waals surface area contributed by atoms with E-state index in [2.05, 4.69) is 58.0 Å². The number of carbonyl (C=O) groups excluding carboxylic acids is 9. The number of alkyl carbamates (subject to hydrolysis) is 1. The summed E-state index contributed by atoms with van der Waals surface area (Å²) in [6.45, 7) is 8.14. The smallest absolute Gasteiger partial charge is 0.408 e. The molecule has 1 unspecified atom stereocenters. The summed E-state index contributed by atoms with van der Waals surface area (Å²) in [5.41, 5.74) is -2.04. The number of ether oxygens (including phenoxy) is 2. The van der Waals surface area contributed by atoms with Crippen LogP contribution in [0.2, 0.25) is 0 Å².